The van der Waals surface area contributed by atoms with Crippen LogP contribution in [0.3, 0.4) is 0 Å². The molecule has 0 unspecified atom stereocenters. The molecule has 0 aromatic heterocycles. The van der Waals surface area contributed by atoms with Gasteiger partial charge in [-0.2, -0.15) is 0 Å². The number of nitrogens with one attached hydrogen (secondary N) is 1. The van der Waals surface area contributed by atoms with Crippen LogP contribution in [0.15, 0.2) is 18.2 Å². The topological polar surface area (TPSA) is 102 Å². The van der Waals surface area contributed by atoms with E-state index in [0.717, 1.165) is 5.56 Å². The van der Waals surface area contributed by atoms with Gasteiger partial charge in [-0.1, -0.05) is 6.07 Å². The van der Waals surface area contributed by atoms with Crippen molar-refractivity contribution in [1.29, 1.82) is 0 Å². The number of carbonyl (C=O) groups excluding carboxylic acids is 2. The molecule has 1 fully saturated rings. The number of hydrogen-bond donors (Lipinski definition) is 1. The Kier molecular flexibility index (Phi) is 5.73. The average molecular weight is 335 g/mol. The monoisotopic (exact) mass is 335 g/mol. The first-order valence-electron chi connectivity index (χ1n) is 7.79. The van der Waals surface area contributed by atoms with E-state index in [9.17, 15) is 19.7 Å². The number of likely N-dealkylation sites (tertiary alicyclic amines) is 1. The minimum atomic E-state index is -0.538. The molecule has 0 radical (unpaired) electrons. The average Bonchev–Trinajstić information content (AvgIpc) is 2.53. The number of carbonyl (C=O) groups is 2. The molecule has 24 heavy (non-hydrogen) atoms. The SMILES string of the molecule is CC(=O)N1CCC(NC(=O)COc2cc(C)ccc2[N+](=O)[O-])CC1. The molecule has 2 rings (SSSR count). The maximum atomic E-state index is 12.0. The third kappa shape index (κ3) is 4.68. The van der Waals surface area contributed by atoms with Crippen molar-refractivity contribution in [2.75, 3.05) is 19.7 Å². The lowest BCUT2D eigenvalue weighted by molar-refractivity contribution is -0.385. The second-order valence-electron chi connectivity index (χ2n) is 5.86. The number of nitrogens with zero attached hydrogens (tertiary/aromatic N) is 2. The summed E-state index contributed by atoms with van der Waals surface area (Å²) < 4.78 is 5.32. The lowest BCUT2D eigenvalue weighted by Gasteiger charge is -2.31. The number of ether oxygens (including phenoxy) is 1. The van der Waals surface area contributed by atoms with Crippen molar-refractivity contribution in [1.82, 2.24) is 10.2 Å². The second kappa shape index (κ2) is 7.76. The van der Waals surface area contributed by atoms with Gasteiger partial charge in [0.25, 0.3) is 5.91 Å². The van der Waals surface area contributed by atoms with Gasteiger partial charge in [-0.15, -0.1) is 0 Å². The Morgan fingerprint density at radius 1 is 1.38 bits per heavy atom. The molecule has 0 bridgehead atoms. The molecular weight excluding hydrogens is 314 g/mol. The number of rotatable bonds is 5. The van der Waals surface area contributed by atoms with E-state index in [1.807, 2.05) is 0 Å². The zero-order valence-electron chi connectivity index (χ0n) is 13.8. The predicted molar refractivity (Wildman–Crippen MR) is 86.7 cm³/mol. The first kappa shape index (κ1) is 17.7. The van der Waals surface area contributed by atoms with Crippen LogP contribution in [0.1, 0.15) is 25.3 Å². The molecule has 1 heterocycles. The largest absolute Gasteiger partial charge is 0.477 e. The molecule has 0 spiro atoms. The van der Waals surface area contributed by atoms with Gasteiger partial charge in [-0.3, -0.25) is 19.7 Å². The standard InChI is InChI=1S/C16H21N3O5/c1-11-3-4-14(19(22)23)15(9-11)24-10-16(21)17-13-5-7-18(8-6-13)12(2)20/h3-4,9,13H,5-8,10H2,1-2H3,(H,17,21). The summed E-state index contributed by atoms with van der Waals surface area (Å²) in [6.45, 7) is 4.27. The van der Waals surface area contributed by atoms with Crippen molar-refractivity contribution in [3.05, 3.63) is 33.9 Å². The second-order valence-corrected chi connectivity index (χ2v) is 5.86. The number of aryl methyl sites for hydroxylation is 1. The number of benzene rings is 1. The Balaban J connectivity index is 1.85. The normalized spacial score (nSPS) is 15.0. The Hall–Kier alpha value is -2.64. The maximum absolute atomic E-state index is 12.0. The molecule has 130 valence electrons. The van der Waals surface area contributed by atoms with Gasteiger partial charge < -0.3 is 15.0 Å². The number of hydrogen-bond acceptors (Lipinski definition) is 5. The zero-order valence-corrected chi connectivity index (χ0v) is 13.8. The summed E-state index contributed by atoms with van der Waals surface area (Å²) in [6, 6.07) is 4.51. The Labute approximate surface area is 139 Å². The first-order chi connectivity index (χ1) is 11.4. The van der Waals surface area contributed by atoms with Crippen LogP contribution in [0, 0.1) is 17.0 Å². The molecule has 8 heteroatoms. The molecule has 8 nitrogen and oxygen atoms in total. The molecule has 1 saturated heterocycles. The number of amides is 2. The van der Waals surface area contributed by atoms with Crippen LogP contribution < -0.4 is 10.1 Å². The van der Waals surface area contributed by atoms with Gasteiger partial charge in [0.2, 0.25) is 5.91 Å². The molecule has 1 aromatic rings. The predicted octanol–water partition coefficient (Wildman–Crippen LogP) is 1.41. The van der Waals surface area contributed by atoms with E-state index in [1.165, 1.54) is 19.1 Å². The fourth-order valence-electron chi connectivity index (χ4n) is 2.64. The van der Waals surface area contributed by atoms with Crippen LogP contribution in [0.25, 0.3) is 0 Å². The smallest absolute Gasteiger partial charge is 0.310 e. The van der Waals surface area contributed by atoms with E-state index >= 15 is 0 Å². The minimum absolute atomic E-state index is 0.0100. The number of nitro groups is 1. The fraction of sp³-hybridized carbons (Fsp3) is 0.500. The lowest BCUT2D eigenvalue weighted by Crippen LogP contribution is -2.47. The molecule has 0 saturated carbocycles. The highest BCUT2D eigenvalue weighted by Gasteiger charge is 2.22. The molecule has 2 amide bonds. The Morgan fingerprint density at radius 2 is 2.04 bits per heavy atom. The van der Waals surface area contributed by atoms with Crippen LogP contribution in [0.5, 0.6) is 5.75 Å². The third-order valence-corrected chi connectivity index (χ3v) is 3.98. The maximum Gasteiger partial charge on any atom is 0.310 e. The van der Waals surface area contributed by atoms with E-state index in [2.05, 4.69) is 5.32 Å². The highest BCUT2D eigenvalue weighted by Crippen LogP contribution is 2.27. The fourth-order valence-corrected chi connectivity index (χ4v) is 2.64. The third-order valence-electron chi connectivity index (χ3n) is 3.98. The van der Waals surface area contributed by atoms with Crippen molar-refractivity contribution in [2.45, 2.75) is 32.7 Å². The van der Waals surface area contributed by atoms with Crippen molar-refractivity contribution in [2.24, 2.45) is 0 Å². The Morgan fingerprint density at radius 3 is 2.62 bits per heavy atom. The van der Waals surface area contributed by atoms with Crippen LogP contribution >= 0.6 is 0 Å². The van der Waals surface area contributed by atoms with Crippen molar-refractivity contribution in [3.8, 4) is 5.75 Å². The minimum Gasteiger partial charge on any atom is -0.477 e. The van der Waals surface area contributed by atoms with Crippen molar-refractivity contribution in [3.63, 3.8) is 0 Å². The van der Waals surface area contributed by atoms with Gasteiger partial charge in [0, 0.05) is 32.1 Å². The van der Waals surface area contributed by atoms with Crippen LogP contribution in [0.4, 0.5) is 5.69 Å². The quantitative estimate of drug-likeness (QED) is 0.647. The molecule has 1 N–H and O–H groups in total. The van der Waals surface area contributed by atoms with Gasteiger partial charge >= 0.3 is 5.69 Å². The molecule has 1 aliphatic rings. The van der Waals surface area contributed by atoms with E-state index in [0.29, 0.717) is 25.9 Å². The van der Waals surface area contributed by atoms with Gasteiger partial charge in [-0.25, -0.2) is 0 Å². The molecule has 1 aromatic carbocycles. The highest BCUT2D eigenvalue weighted by atomic mass is 16.6. The van der Waals surface area contributed by atoms with Crippen LogP contribution in [-0.4, -0.2) is 47.4 Å². The molecule has 0 aliphatic carbocycles. The lowest BCUT2D eigenvalue weighted by atomic mass is 10.1. The van der Waals surface area contributed by atoms with Crippen LogP contribution in [-0.2, 0) is 9.59 Å². The highest BCUT2D eigenvalue weighted by molar-refractivity contribution is 5.78. The van der Waals surface area contributed by atoms with Crippen molar-refractivity contribution >= 4 is 17.5 Å². The van der Waals surface area contributed by atoms with Gasteiger partial charge in [0.15, 0.2) is 12.4 Å². The summed E-state index contributed by atoms with van der Waals surface area (Å²) in [5, 5.41) is 13.8. The summed E-state index contributed by atoms with van der Waals surface area (Å²) in [6.07, 6.45) is 1.38. The summed E-state index contributed by atoms with van der Waals surface area (Å²) in [5.41, 5.74) is 0.649. The molecular formula is C16H21N3O5. The molecule has 0 atom stereocenters. The first-order valence-corrected chi connectivity index (χ1v) is 7.79. The van der Waals surface area contributed by atoms with E-state index < -0.39 is 4.92 Å². The van der Waals surface area contributed by atoms with Gasteiger partial charge in [-0.05, 0) is 31.4 Å². The van der Waals surface area contributed by atoms with Gasteiger partial charge in [0.1, 0.15) is 0 Å². The van der Waals surface area contributed by atoms with Crippen LogP contribution in [0.2, 0.25) is 0 Å². The molecule has 1 aliphatic heterocycles. The number of nitro benzene ring substituents is 1. The summed E-state index contributed by atoms with van der Waals surface area (Å²) in [4.78, 5) is 35.4. The van der Waals surface area contributed by atoms with Crippen molar-refractivity contribution < 1.29 is 19.2 Å². The summed E-state index contributed by atoms with van der Waals surface area (Å²) >= 11 is 0. The summed E-state index contributed by atoms with van der Waals surface area (Å²) in [7, 11) is 0. The zero-order chi connectivity index (χ0) is 17.7. The number of piperidine rings is 1. The van der Waals surface area contributed by atoms with E-state index in [4.69, 9.17) is 4.74 Å². The summed E-state index contributed by atoms with van der Waals surface area (Å²) in [5.74, 6) is -0.205. The van der Waals surface area contributed by atoms with E-state index in [-0.39, 0.29) is 35.9 Å². The van der Waals surface area contributed by atoms with E-state index in [1.54, 1.807) is 17.9 Å². The van der Waals surface area contributed by atoms with Gasteiger partial charge in [0.05, 0.1) is 4.92 Å². The Bertz CT molecular complexity index is 639.